The number of hydrogen-bond donors (Lipinski definition) is 1. The summed E-state index contributed by atoms with van der Waals surface area (Å²) in [6, 6.07) is 8.30. The number of aliphatic imine (C=N–C) groups is 1. The smallest absolute Gasteiger partial charge is 0.193 e. The van der Waals surface area contributed by atoms with Gasteiger partial charge in [0.05, 0.1) is 5.69 Å². The standard InChI is InChI=1S/C19H28BrN5/c1-6-21-19(24(4)13-16-9-7-8-10-18(16)20)22-12-11-17-14(2)23-25(5)15(17)3/h7-10H,6,11-13H2,1-5H3,(H,21,22). The summed E-state index contributed by atoms with van der Waals surface area (Å²) in [5, 5.41) is 7.86. The number of benzene rings is 1. The first-order chi connectivity index (χ1) is 11.9. The summed E-state index contributed by atoms with van der Waals surface area (Å²) in [5.41, 5.74) is 4.87. The Morgan fingerprint density at radius 1 is 1.32 bits per heavy atom. The minimum absolute atomic E-state index is 0.746. The van der Waals surface area contributed by atoms with Crippen LogP contribution in [0.4, 0.5) is 0 Å². The van der Waals surface area contributed by atoms with Crippen LogP contribution in [-0.4, -0.2) is 40.8 Å². The molecule has 25 heavy (non-hydrogen) atoms. The van der Waals surface area contributed by atoms with Crippen LogP contribution in [-0.2, 0) is 20.0 Å². The molecule has 0 atom stereocenters. The fraction of sp³-hybridized carbons (Fsp3) is 0.474. The Morgan fingerprint density at radius 3 is 2.64 bits per heavy atom. The zero-order chi connectivity index (χ0) is 18.4. The van der Waals surface area contributed by atoms with Gasteiger partial charge in [0.2, 0.25) is 0 Å². The highest BCUT2D eigenvalue weighted by Gasteiger charge is 2.11. The number of nitrogens with one attached hydrogen (secondary N) is 1. The highest BCUT2D eigenvalue weighted by molar-refractivity contribution is 9.10. The SMILES string of the molecule is CCNC(=NCCc1c(C)nn(C)c1C)N(C)Cc1ccccc1Br. The molecule has 0 unspecified atom stereocenters. The van der Waals surface area contributed by atoms with Gasteiger partial charge in [-0.3, -0.25) is 9.67 Å². The van der Waals surface area contributed by atoms with Crippen molar-refractivity contribution in [2.45, 2.75) is 33.7 Å². The molecule has 0 saturated carbocycles. The summed E-state index contributed by atoms with van der Waals surface area (Å²) >= 11 is 3.62. The number of hydrogen-bond acceptors (Lipinski definition) is 2. The number of guanidine groups is 1. The van der Waals surface area contributed by atoms with Gasteiger partial charge in [-0.25, -0.2) is 0 Å². The summed E-state index contributed by atoms with van der Waals surface area (Å²) in [6.45, 7) is 8.68. The van der Waals surface area contributed by atoms with Crippen LogP contribution >= 0.6 is 15.9 Å². The van der Waals surface area contributed by atoms with Gasteiger partial charge in [-0.05, 0) is 44.4 Å². The molecule has 0 amide bonds. The molecule has 0 radical (unpaired) electrons. The van der Waals surface area contributed by atoms with Gasteiger partial charge in [-0.2, -0.15) is 5.10 Å². The second-order valence-electron chi connectivity index (χ2n) is 6.21. The van der Waals surface area contributed by atoms with Gasteiger partial charge < -0.3 is 10.2 Å². The van der Waals surface area contributed by atoms with Crippen molar-refractivity contribution in [3.63, 3.8) is 0 Å². The van der Waals surface area contributed by atoms with E-state index in [-0.39, 0.29) is 0 Å². The Hall–Kier alpha value is -1.82. The minimum Gasteiger partial charge on any atom is -0.357 e. The van der Waals surface area contributed by atoms with E-state index >= 15 is 0 Å². The topological polar surface area (TPSA) is 45.5 Å². The van der Waals surface area contributed by atoms with E-state index in [4.69, 9.17) is 4.99 Å². The third-order valence-electron chi connectivity index (χ3n) is 4.34. The predicted octanol–water partition coefficient (Wildman–Crippen LogP) is 3.44. The average Bonchev–Trinajstić information content (AvgIpc) is 2.82. The lowest BCUT2D eigenvalue weighted by atomic mass is 10.1. The molecule has 2 aromatic rings. The number of aryl methyl sites for hydroxylation is 2. The fourth-order valence-corrected chi connectivity index (χ4v) is 3.29. The first-order valence-electron chi connectivity index (χ1n) is 8.66. The molecule has 0 bridgehead atoms. The van der Waals surface area contributed by atoms with Gasteiger partial charge >= 0.3 is 0 Å². The largest absolute Gasteiger partial charge is 0.357 e. The van der Waals surface area contributed by atoms with E-state index in [0.29, 0.717) is 0 Å². The molecular formula is C19H28BrN5. The van der Waals surface area contributed by atoms with Crippen molar-refractivity contribution < 1.29 is 0 Å². The molecule has 1 aromatic carbocycles. The van der Waals surface area contributed by atoms with Crippen molar-refractivity contribution in [3.05, 3.63) is 51.3 Å². The van der Waals surface area contributed by atoms with Crippen LogP contribution < -0.4 is 5.32 Å². The summed E-state index contributed by atoms with van der Waals surface area (Å²) in [4.78, 5) is 6.96. The Morgan fingerprint density at radius 2 is 2.04 bits per heavy atom. The van der Waals surface area contributed by atoms with Crippen molar-refractivity contribution in [1.82, 2.24) is 20.0 Å². The van der Waals surface area contributed by atoms with Crippen LogP contribution in [0.25, 0.3) is 0 Å². The van der Waals surface area contributed by atoms with Crippen molar-refractivity contribution in [2.24, 2.45) is 12.0 Å². The van der Waals surface area contributed by atoms with Gasteiger partial charge in [0.1, 0.15) is 0 Å². The van der Waals surface area contributed by atoms with Crippen molar-refractivity contribution >= 4 is 21.9 Å². The van der Waals surface area contributed by atoms with E-state index in [1.165, 1.54) is 16.8 Å². The first-order valence-corrected chi connectivity index (χ1v) is 9.45. The van der Waals surface area contributed by atoms with Crippen LogP contribution in [0.2, 0.25) is 0 Å². The molecule has 6 heteroatoms. The minimum atomic E-state index is 0.746. The van der Waals surface area contributed by atoms with Crippen molar-refractivity contribution in [1.29, 1.82) is 0 Å². The quantitative estimate of drug-likeness (QED) is 0.591. The van der Waals surface area contributed by atoms with Crippen LogP contribution in [0.5, 0.6) is 0 Å². The first kappa shape index (κ1) is 19.5. The van der Waals surface area contributed by atoms with Gasteiger partial charge in [0.15, 0.2) is 5.96 Å². The molecule has 5 nitrogen and oxygen atoms in total. The summed E-state index contributed by atoms with van der Waals surface area (Å²) in [6.07, 6.45) is 0.906. The second kappa shape index (κ2) is 9.04. The number of nitrogens with zero attached hydrogens (tertiary/aromatic N) is 4. The maximum Gasteiger partial charge on any atom is 0.193 e. The lowest BCUT2D eigenvalue weighted by molar-refractivity contribution is 0.476. The predicted molar refractivity (Wildman–Crippen MR) is 108 cm³/mol. The lowest BCUT2D eigenvalue weighted by Crippen LogP contribution is -2.38. The molecule has 0 aliphatic heterocycles. The molecule has 0 fully saturated rings. The number of halogens is 1. The van der Waals surface area contributed by atoms with E-state index in [2.05, 4.69) is 77.3 Å². The van der Waals surface area contributed by atoms with Crippen LogP contribution in [0.15, 0.2) is 33.7 Å². The van der Waals surface area contributed by atoms with Gasteiger partial charge in [0, 0.05) is 43.9 Å². The summed E-state index contributed by atoms with van der Waals surface area (Å²) in [7, 11) is 4.06. The molecule has 136 valence electrons. The zero-order valence-corrected chi connectivity index (χ0v) is 17.4. The van der Waals surface area contributed by atoms with E-state index in [1.807, 2.05) is 17.8 Å². The van der Waals surface area contributed by atoms with Crippen LogP contribution in [0.3, 0.4) is 0 Å². The Balaban J connectivity index is 2.05. The molecule has 1 aromatic heterocycles. The Kier molecular flexibility index (Phi) is 7.05. The maximum atomic E-state index is 4.81. The highest BCUT2D eigenvalue weighted by Crippen LogP contribution is 2.17. The Bertz CT molecular complexity index is 735. The van der Waals surface area contributed by atoms with E-state index in [0.717, 1.165) is 42.2 Å². The van der Waals surface area contributed by atoms with Gasteiger partial charge in [0.25, 0.3) is 0 Å². The summed E-state index contributed by atoms with van der Waals surface area (Å²) in [5.74, 6) is 0.928. The third-order valence-corrected chi connectivity index (χ3v) is 5.12. The van der Waals surface area contributed by atoms with E-state index < -0.39 is 0 Å². The second-order valence-corrected chi connectivity index (χ2v) is 7.06. The molecule has 0 aliphatic rings. The molecule has 0 saturated heterocycles. The van der Waals surface area contributed by atoms with Crippen molar-refractivity contribution in [3.8, 4) is 0 Å². The van der Waals surface area contributed by atoms with Crippen LogP contribution in [0, 0.1) is 13.8 Å². The van der Waals surface area contributed by atoms with E-state index in [9.17, 15) is 0 Å². The fourth-order valence-electron chi connectivity index (χ4n) is 2.88. The van der Waals surface area contributed by atoms with Crippen molar-refractivity contribution in [2.75, 3.05) is 20.1 Å². The third kappa shape index (κ3) is 5.08. The molecule has 1 N–H and O–H groups in total. The molecular weight excluding hydrogens is 378 g/mol. The van der Waals surface area contributed by atoms with E-state index in [1.54, 1.807) is 0 Å². The number of rotatable bonds is 6. The lowest BCUT2D eigenvalue weighted by Gasteiger charge is -2.22. The normalized spacial score (nSPS) is 11.7. The Labute approximate surface area is 159 Å². The van der Waals surface area contributed by atoms with Crippen LogP contribution in [0.1, 0.15) is 29.4 Å². The molecule has 0 spiro atoms. The average molecular weight is 406 g/mol. The van der Waals surface area contributed by atoms with Gasteiger partial charge in [-0.1, -0.05) is 34.1 Å². The molecule has 2 rings (SSSR count). The highest BCUT2D eigenvalue weighted by atomic mass is 79.9. The summed E-state index contributed by atoms with van der Waals surface area (Å²) < 4.78 is 3.07. The maximum absolute atomic E-state index is 4.81. The number of aromatic nitrogens is 2. The molecule has 1 heterocycles. The monoisotopic (exact) mass is 405 g/mol. The zero-order valence-electron chi connectivity index (χ0n) is 15.8. The molecule has 0 aliphatic carbocycles. The van der Waals surface area contributed by atoms with Gasteiger partial charge in [-0.15, -0.1) is 0 Å².